The van der Waals surface area contributed by atoms with E-state index in [2.05, 4.69) is 31.3 Å². The second-order valence-electron chi connectivity index (χ2n) is 7.32. The number of rotatable bonds is 5. The number of likely N-dealkylation sites (tertiary alicyclic amines) is 1. The van der Waals surface area contributed by atoms with E-state index in [1.54, 1.807) is 47.4 Å². The molecule has 31 heavy (non-hydrogen) atoms. The number of amides is 3. The molecule has 1 unspecified atom stereocenters. The highest BCUT2D eigenvalue weighted by atomic mass is 79.9. The van der Waals surface area contributed by atoms with E-state index in [9.17, 15) is 14.4 Å². The maximum atomic E-state index is 13.2. The summed E-state index contributed by atoms with van der Waals surface area (Å²) < 4.78 is 2.08. The smallest absolute Gasteiger partial charge is 0.269 e. The molecule has 4 rings (SSSR count). The van der Waals surface area contributed by atoms with Gasteiger partial charge in [-0.15, -0.1) is 0 Å². The fourth-order valence-corrected chi connectivity index (χ4v) is 4.18. The zero-order chi connectivity index (χ0) is 22.0. The third kappa shape index (κ3) is 4.43. The van der Waals surface area contributed by atoms with Gasteiger partial charge in [-0.2, -0.15) is 5.10 Å². The molecule has 2 aromatic heterocycles. The Kier molecular flexibility index (Phi) is 5.99. The summed E-state index contributed by atoms with van der Waals surface area (Å²) in [5.74, 6) is -0.756. The Morgan fingerprint density at radius 2 is 1.94 bits per heavy atom. The number of halogens is 1. The molecule has 0 saturated carbocycles. The number of hydrogen-bond acceptors (Lipinski definition) is 5. The summed E-state index contributed by atoms with van der Waals surface area (Å²) in [7, 11) is 0. The lowest BCUT2D eigenvalue weighted by atomic mass is 10.0. The van der Waals surface area contributed by atoms with Crippen LogP contribution < -0.4 is 11.1 Å². The molecule has 1 aliphatic heterocycles. The van der Waals surface area contributed by atoms with Crippen LogP contribution in [0, 0.1) is 0 Å². The maximum Gasteiger partial charge on any atom is 0.269 e. The molecule has 160 valence electrons. The average molecular weight is 485 g/mol. The first-order valence-electron chi connectivity index (χ1n) is 9.92. The number of piperidine rings is 1. The van der Waals surface area contributed by atoms with Gasteiger partial charge in [-0.25, -0.2) is 4.98 Å². The third-order valence-electron chi connectivity index (χ3n) is 5.27. The van der Waals surface area contributed by atoms with Crippen LogP contribution in [0.5, 0.6) is 0 Å². The van der Waals surface area contributed by atoms with Crippen molar-refractivity contribution in [3.8, 4) is 0 Å². The number of fused-ring (bicyclic) bond motifs is 1. The van der Waals surface area contributed by atoms with Gasteiger partial charge < -0.3 is 16.0 Å². The van der Waals surface area contributed by atoms with Gasteiger partial charge in [0.25, 0.3) is 5.91 Å². The number of carbonyl (C=O) groups is 3. The van der Waals surface area contributed by atoms with Crippen LogP contribution in [-0.2, 0) is 16.1 Å². The molecule has 0 bridgehead atoms. The van der Waals surface area contributed by atoms with Gasteiger partial charge in [0.2, 0.25) is 11.8 Å². The van der Waals surface area contributed by atoms with Crippen molar-refractivity contribution in [1.29, 1.82) is 0 Å². The molecule has 1 aliphatic rings. The minimum absolute atomic E-state index is 0.0906. The fraction of sp³-hybridized carbons (Fsp3) is 0.286. The van der Waals surface area contributed by atoms with Crippen LogP contribution in [0.1, 0.15) is 29.8 Å². The number of nitrogens with one attached hydrogen (secondary N) is 1. The molecule has 1 aromatic carbocycles. The molecule has 1 atom stereocenters. The molecular formula is C21H21BrN6O3. The number of para-hydroxylation sites is 1. The number of hydrogen-bond donors (Lipinski definition) is 2. The van der Waals surface area contributed by atoms with E-state index in [4.69, 9.17) is 5.73 Å². The highest BCUT2D eigenvalue weighted by molar-refractivity contribution is 9.10. The van der Waals surface area contributed by atoms with E-state index in [1.807, 2.05) is 0 Å². The van der Waals surface area contributed by atoms with Crippen LogP contribution in [0.25, 0.3) is 10.9 Å². The molecule has 0 radical (unpaired) electrons. The van der Waals surface area contributed by atoms with E-state index in [1.165, 1.54) is 4.68 Å². The van der Waals surface area contributed by atoms with Crippen molar-refractivity contribution in [2.24, 2.45) is 5.73 Å². The van der Waals surface area contributed by atoms with E-state index in [0.29, 0.717) is 34.3 Å². The summed E-state index contributed by atoms with van der Waals surface area (Å²) in [6.07, 6.45) is 2.24. The quantitative estimate of drug-likeness (QED) is 0.537. The molecule has 3 amide bonds. The van der Waals surface area contributed by atoms with Crippen molar-refractivity contribution in [3.05, 3.63) is 52.8 Å². The summed E-state index contributed by atoms with van der Waals surface area (Å²) in [6.45, 7) is 0.386. The summed E-state index contributed by atoms with van der Waals surface area (Å²) in [6, 6.07) is 11.7. The van der Waals surface area contributed by atoms with E-state index in [-0.39, 0.29) is 24.1 Å². The van der Waals surface area contributed by atoms with Crippen molar-refractivity contribution in [2.45, 2.75) is 31.8 Å². The molecule has 9 nitrogen and oxygen atoms in total. The maximum absolute atomic E-state index is 13.2. The Morgan fingerprint density at radius 3 is 2.71 bits per heavy atom. The minimum atomic E-state index is -0.654. The summed E-state index contributed by atoms with van der Waals surface area (Å²) in [5, 5.41) is 7.64. The molecule has 3 aromatic rings. The Hall–Kier alpha value is -3.27. The largest absolute Gasteiger partial charge is 0.364 e. The van der Waals surface area contributed by atoms with Crippen molar-refractivity contribution >= 4 is 50.4 Å². The van der Waals surface area contributed by atoms with Crippen LogP contribution >= 0.6 is 15.9 Å². The predicted molar refractivity (Wildman–Crippen MR) is 118 cm³/mol. The van der Waals surface area contributed by atoms with Crippen molar-refractivity contribution in [2.75, 3.05) is 11.9 Å². The number of primary amides is 1. The van der Waals surface area contributed by atoms with Crippen LogP contribution in [0.2, 0.25) is 0 Å². The molecule has 10 heteroatoms. The molecular weight excluding hydrogens is 464 g/mol. The Morgan fingerprint density at radius 1 is 1.13 bits per heavy atom. The number of benzene rings is 1. The van der Waals surface area contributed by atoms with Gasteiger partial charge in [0, 0.05) is 11.9 Å². The van der Waals surface area contributed by atoms with Gasteiger partial charge >= 0.3 is 0 Å². The summed E-state index contributed by atoms with van der Waals surface area (Å²) in [4.78, 5) is 43.6. The van der Waals surface area contributed by atoms with Crippen LogP contribution in [-0.4, -0.2) is 50.0 Å². The number of pyridine rings is 1. The zero-order valence-corrected chi connectivity index (χ0v) is 18.2. The SMILES string of the molecule is NC(=O)c1nn(CC(=O)N2CCCCC2C(=O)Nc2cccc(Br)n2)c2ccccc12. The minimum Gasteiger partial charge on any atom is -0.364 e. The van der Waals surface area contributed by atoms with Crippen molar-refractivity contribution < 1.29 is 14.4 Å². The van der Waals surface area contributed by atoms with Crippen LogP contribution in [0.15, 0.2) is 47.1 Å². The molecule has 1 saturated heterocycles. The monoisotopic (exact) mass is 484 g/mol. The van der Waals surface area contributed by atoms with Crippen molar-refractivity contribution in [3.63, 3.8) is 0 Å². The predicted octanol–water partition coefficient (Wildman–Crippen LogP) is 2.31. The Balaban J connectivity index is 1.55. The van der Waals surface area contributed by atoms with Gasteiger partial charge in [-0.3, -0.25) is 19.1 Å². The van der Waals surface area contributed by atoms with E-state index in [0.717, 1.165) is 12.8 Å². The van der Waals surface area contributed by atoms with E-state index >= 15 is 0 Å². The van der Waals surface area contributed by atoms with Gasteiger partial charge in [-0.1, -0.05) is 24.3 Å². The zero-order valence-electron chi connectivity index (χ0n) is 16.6. The molecule has 0 spiro atoms. The number of anilines is 1. The topological polar surface area (TPSA) is 123 Å². The second kappa shape index (κ2) is 8.84. The first-order chi connectivity index (χ1) is 14.9. The first-order valence-corrected chi connectivity index (χ1v) is 10.7. The normalized spacial score (nSPS) is 16.3. The standard InChI is InChI=1S/C21H21BrN6O3/c22-16-9-5-10-17(24-16)25-21(31)15-8-3-4-11-27(15)18(29)12-28-14-7-2-1-6-13(14)19(26-28)20(23)30/h1-2,5-7,9-10,15H,3-4,8,11-12H2,(H2,23,30)(H,24,25,31). The van der Waals surface area contributed by atoms with Gasteiger partial charge in [0.05, 0.1) is 5.52 Å². The highest BCUT2D eigenvalue weighted by Crippen LogP contribution is 2.22. The molecule has 3 N–H and O–H groups in total. The Bertz CT molecular complexity index is 1160. The summed E-state index contributed by atoms with van der Waals surface area (Å²) in [5.41, 5.74) is 6.20. The average Bonchev–Trinajstić information content (AvgIpc) is 3.12. The highest BCUT2D eigenvalue weighted by Gasteiger charge is 2.33. The lowest BCUT2D eigenvalue weighted by Crippen LogP contribution is -2.51. The van der Waals surface area contributed by atoms with Crippen LogP contribution in [0.4, 0.5) is 5.82 Å². The summed E-state index contributed by atoms with van der Waals surface area (Å²) >= 11 is 3.28. The Labute approximate surface area is 186 Å². The van der Waals surface area contributed by atoms with Gasteiger partial charge in [0.15, 0.2) is 5.69 Å². The fourth-order valence-electron chi connectivity index (χ4n) is 3.84. The second-order valence-corrected chi connectivity index (χ2v) is 8.13. The third-order valence-corrected chi connectivity index (χ3v) is 5.71. The number of aromatic nitrogens is 3. The number of carbonyl (C=O) groups excluding carboxylic acids is 3. The van der Waals surface area contributed by atoms with Gasteiger partial charge in [-0.05, 0) is 53.4 Å². The first kappa shape index (κ1) is 21.0. The van der Waals surface area contributed by atoms with Crippen LogP contribution in [0.3, 0.4) is 0 Å². The lowest BCUT2D eigenvalue weighted by molar-refractivity contribution is -0.141. The molecule has 0 aliphatic carbocycles. The number of nitrogens with zero attached hydrogens (tertiary/aromatic N) is 4. The molecule has 3 heterocycles. The van der Waals surface area contributed by atoms with Gasteiger partial charge in [0.1, 0.15) is 23.0 Å². The molecule has 1 fully saturated rings. The number of nitrogens with two attached hydrogens (primary N) is 1. The lowest BCUT2D eigenvalue weighted by Gasteiger charge is -2.34. The van der Waals surface area contributed by atoms with Crippen molar-refractivity contribution in [1.82, 2.24) is 19.7 Å². The van der Waals surface area contributed by atoms with E-state index < -0.39 is 11.9 Å².